The van der Waals surface area contributed by atoms with Crippen LogP contribution in [0.2, 0.25) is 0 Å². The molecule has 0 spiro atoms. The molecule has 0 saturated carbocycles. The number of aliphatic imine (C=N–C) groups is 1. The molecule has 2 rings (SSSR count). The van der Waals surface area contributed by atoms with Crippen LogP contribution >= 0.6 is 24.0 Å². The van der Waals surface area contributed by atoms with Gasteiger partial charge in [-0.25, -0.2) is 0 Å². The van der Waals surface area contributed by atoms with Gasteiger partial charge in [-0.3, -0.25) is 4.99 Å². The lowest BCUT2D eigenvalue weighted by atomic mass is 9.93. The van der Waals surface area contributed by atoms with Crippen LogP contribution in [0.3, 0.4) is 0 Å². The van der Waals surface area contributed by atoms with Crippen molar-refractivity contribution in [1.82, 2.24) is 15.1 Å². The van der Waals surface area contributed by atoms with Crippen LogP contribution in [0.25, 0.3) is 0 Å². The first-order valence-corrected chi connectivity index (χ1v) is 8.68. The van der Waals surface area contributed by atoms with Crippen LogP contribution in [-0.2, 0) is 0 Å². The number of rotatable bonds is 4. The maximum atomic E-state index is 4.47. The molecule has 0 aromatic heterocycles. The van der Waals surface area contributed by atoms with E-state index in [1.807, 2.05) is 7.05 Å². The van der Waals surface area contributed by atoms with Gasteiger partial charge in [-0.15, -0.1) is 24.0 Å². The summed E-state index contributed by atoms with van der Waals surface area (Å²) in [4.78, 5) is 9.51. The summed E-state index contributed by atoms with van der Waals surface area (Å²) in [7, 11) is 1.91. The van der Waals surface area contributed by atoms with Crippen molar-refractivity contribution in [2.45, 2.75) is 46.5 Å². The molecule has 0 bridgehead atoms. The quantitative estimate of drug-likeness (QED) is 0.429. The van der Waals surface area contributed by atoms with Crippen LogP contribution in [0.4, 0.5) is 0 Å². The minimum absolute atomic E-state index is 0. The molecule has 1 atom stereocenters. The van der Waals surface area contributed by atoms with E-state index in [2.05, 4.69) is 40.9 Å². The highest BCUT2D eigenvalue weighted by Gasteiger charge is 2.30. The van der Waals surface area contributed by atoms with Gasteiger partial charge in [0.25, 0.3) is 0 Å². The Bertz CT molecular complexity index is 351. The van der Waals surface area contributed by atoms with Crippen LogP contribution < -0.4 is 5.32 Å². The summed E-state index contributed by atoms with van der Waals surface area (Å²) < 4.78 is 0. The summed E-state index contributed by atoms with van der Waals surface area (Å²) in [5, 5.41) is 3.59. The largest absolute Gasteiger partial charge is 0.356 e. The summed E-state index contributed by atoms with van der Waals surface area (Å²) in [6.45, 7) is 14.1. The van der Waals surface area contributed by atoms with Crippen molar-refractivity contribution in [2.24, 2.45) is 16.3 Å². The first kappa shape index (κ1) is 20.0. The van der Waals surface area contributed by atoms with Gasteiger partial charge in [-0.1, -0.05) is 27.2 Å². The van der Waals surface area contributed by atoms with Crippen LogP contribution in [-0.4, -0.2) is 62.1 Å². The Kier molecular flexibility index (Phi) is 8.46. The molecule has 1 unspecified atom stereocenters. The zero-order valence-electron chi connectivity index (χ0n) is 14.9. The number of nitrogens with one attached hydrogen (secondary N) is 1. The van der Waals surface area contributed by atoms with Crippen LogP contribution in [0.1, 0.15) is 46.5 Å². The lowest BCUT2D eigenvalue weighted by Gasteiger charge is -2.30. The van der Waals surface area contributed by atoms with Crippen molar-refractivity contribution in [2.75, 3.05) is 46.3 Å². The Balaban J connectivity index is 0.00000242. The van der Waals surface area contributed by atoms with E-state index in [0.717, 1.165) is 25.6 Å². The van der Waals surface area contributed by atoms with Crippen molar-refractivity contribution in [3.05, 3.63) is 0 Å². The van der Waals surface area contributed by atoms with Crippen molar-refractivity contribution >= 4 is 29.9 Å². The third kappa shape index (κ3) is 6.22. The lowest BCUT2D eigenvalue weighted by Crippen LogP contribution is -2.44. The fourth-order valence-electron chi connectivity index (χ4n) is 3.54. The first-order chi connectivity index (χ1) is 10.00. The first-order valence-electron chi connectivity index (χ1n) is 8.68. The molecular formula is C17H35IN4. The number of nitrogens with zero attached hydrogens (tertiary/aromatic N) is 3. The average Bonchev–Trinajstić information content (AvgIpc) is 2.81. The van der Waals surface area contributed by atoms with E-state index in [0.29, 0.717) is 11.3 Å². The van der Waals surface area contributed by atoms with E-state index < -0.39 is 0 Å². The van der Waals surface area contributed by atoms with Crippen molar-refractivity contribution < 1.29 is 0 Å². The van der Waals surface area contributed by atoms with E-state index in [1.165, 1.54) is 45.3 Å². The van der Waals surface area contributed by atoms with Crippen LogP contribution in [0.5, 0.6) is 0 Å². The standard InChI is InChI=1S/C17H34N4.HI/c1-15(13-20-9-6-5-7-10-20)12-19-16(18-4)21-11-8-17(2,3)14-21;/h15H,5-14H2,1-4H3,(H,18,19);1H. The fourth-order valence-corrected chi connectivity index (χ4v) is 3.54. The molecule has 4 nitrogen and oxygen atoms in total. The Morgan fingerprint density at radius 1 is 1.18 bits per heavy atom. The number of hydrogen-bond donors (Lipinski definition) is 1. The van der Waals surface area contributed by atoms with Crippen molar-refractivity contribution in [3.8, 4) is 0 Å². The number of piperidine rings is 1. The van der Waals surface area contributed by atoms with Gasteiger partial charge >= 0.3 is 0 Å². The van der Waals surface area contributed by atoms with Gasteiger partial charge in [-0.2, -0.15) is 0 Å². The minimum atomic E-state index is 0. The summed E-state index contributed by atoms with van der Waals surface area (Å²) in [6.07, 6.45) is 5.44. The maximum absolute atomic E-state index is 4.47. The normalized spacial score (nSPS) is 24.0. The van der Waals surface area contributed by atoms with Gasteiger partial charge in [0.05, 0.1) is 0 Å². The molecule has 0 amide bonds. The van der Waals surface area contributed by atoms with E-state index in [9.17, 15) is 0 Å². The van der Waals surface area contributed by atoms with E-state index in [1.54, 1.807) is 0 Å². The highest BCUT2D eigenvalue weighted by molar-refractivity contribution is 14.0. The monoisotopic (exact) mass is 422 g/mol. The molecule has 22 heavy (non-hydrogen) atoms. The maximum Gasteiger partial charge on any atom is 0.193 e. The summed E-state index contributed by atoms with van der Waals surface area (Å²) >= 11 is 0. The molecule has 130 valence electrons. The third-order valence-electron chi connectivity index (χ3n) is 4.82. The minimum Gasteiger partial charge on any atom is -0.356 e. The Hall–Kier alpha value is -0.0400. The molecule has 2 saturated heterocycles. The van der Waals surface area contributed by atoms with Gasteiger partial charge in [0.1, 0.15) is 0 Å². The van der Waals surface area contributed by atoms with Crippen molar-refractivity contribution in [3.63, 3.8) is 0 Å². The molecule has 0 aromatic carbocycles. The predicted molar refractivity (Wildman–Crippen MR) is 106 cm³/mol. The van der Waals surface area contributed by atoms with Crippen molar-refractivity contribution in [1.29, 1.82) is 0 Å². The van der Waals surface area contributed by atoms with Gasteiger partial charge in [-0.05, 0) is 43.7 Å². The lowest BCUT2D eigenvalue weighted by molar-refractivity contribution is 0.200. The zero-order valence-corrected chi connectivity index (χ0v) is 17.2. The van der Waals surface area contributed by atoms with E-state index in [-0.39, 0.29) is 24.0 Å². The fraction of sp³-hybridized carbons (Fsp3) is 0.941. The summed E-state index contributed by atoms with van der Waals surface area (Å²) in [6, 6.07) is 0. The molecule has 2 aliphatic rings. The number of likely N-dealkylation sites (tertiary alicyclic amines) is 2. The van der Waals surface area contributed by atoms with Crippen LogP contribution in [0, 0.1) is 11.3 Å². The molecule has 2 fully saturated rings. The SMILES string of the molecule is CN=C(NCC(C)CN1CCCCC1)N1CCC(C)(C)C1.I. The number of hydrogen-bond acceptors (Lipinski definition) is 2. The summed E-state index contributed by atoms with van der Waals surface area (Å²) in [5.74, 6) is 1.77. The molecule has 0 aliphatic carbocycles. The molecule has 1 N–H and O–H groups in total. The van der Waals surface area contributed by atoms with Gasteiger partial charge in [0, 0.05) is 33.2 Å². The molecule has 0 radical (unpaired) electrons. The number of guanidine groups is 1. The zero-order chi connectivity index (χ0) is 15.3. The number of halogens is 1. The third-order valence-corrected chi connectivity index (χ3v) is 4.82. The molecule has 2 aliphatic heterocycles. The molecule has 0 aromatic rings. The van der Waals surface area contributed by atoms with E-state index in [4.69, 9.17) is 0 Å². The predicted octanol–water partition coefficient (Wildman–Crippen LogP) is 3.03. The topological polar surface area (TPSA) is 30.9 Å². The highest BCUT2D eigenvalue weighted by atomic mass is 127. The molecule has 5 heteroatoms. The molecular weight excluding hydrogens is 387 g/mol. The Morgan fingerprint density at radius 2 is 1.86 bits per heavy atom. The van der Waals surface area contributed by atoms with Gasteiger partial charge < -0.3 is 15.1 Å². The average molecular weight is 422 g/mol. The summed E-state index contributed by atoms with van der Waals surface area (Å²) in [5.41, 5.74) is 0.428. The second kappa shape index (κ2) is 9.30. The highest BCUT2D eigenvalue weighted by Crippen LogP contribution is 2.28. The second-order valence-corrected chi connectivity index (χ2v) is 7.73. The Labute approximate surface area is 154 Å². The van der Waals surface area contributed by atoms with Gasteiger partial charge in [0.15, 0.2) is 5.96 Å². The smallest absolute Gasteiger partial charge is 0.193 e. The van der Waals surface area contributed by atoms with Crippen LogP contribution in [0.15, 0.2) is 4.99 Å². The van der Waals surface area contributed by atoms with E-state index >= 15 is 0 Å². The second-order valence-electron chi connectivity index (χ2n) is 7.73. The Morgan fingerprint density at radius 3 is 2.41 bits per heavy atom. The molecule has 2 heterocycles. The van der Waals surface area contributed by atoms with Gasteiger partial charge in [0.2, 0.25) is 0 Å².